The van der Waals surface area contributed by atoms with Gasteiger partial charge in [0.2, 0.25) is 5.91 Å². The molecule has 1 saturated carbocycles. The number of hydrogen-bond acceptors (Lipinski definition) is 4. The SMILES string of the molecule is CC1(N)CCCC2C(=O)NC(O)NC2C1. The van der Waals surface area contributed by atoms with Gasteiger partial charge in [0.1, 0.15) is 0 Å². The van der Waals surface area contributed by atoms with E-state index in [0.717, 1.165) is 25.7 Å². The summed E-state index contributed by atoms with van der Waals surface area (Å²) in [6.45, 7) is 2.01. The standard InChI is InChI=1S/C10H19N3O2/c1-10(11)4-2-3-6-7(5-10)12-9(15)13-8(6)14/h6-7,9,12,15H,2-5,11H2,1H3,(H,13,14). The average molecular weight is 213 g/mol. The lowest BCUT2D eigenvalue weighted by Crippen LogP contribution is -2.62. The van der Waals surface area contributed by atoms with Crippen LogP contribution in [0, 0.1) is 5.92 Å². The predicted octanol–water partition coefficient (Wildman–Crippen LogP) is -0.742. The number of carbonyl (C=O) groups is 1. The van der Waals surface area contributed by atoms with E-state index in [2.05, 4.69) is 10.6 Å². The van der Waals surface area contributed by atoms with Crippen LogP contribution in [-0.2, 0) is 4.79 Å². The highest BCUT2D eigenvalue weighted by atomic mass is 16.3. The van der Waals surface area contributed by atoms with Crippen molar-refractivity contribution in [2.75, 3.05) is 0 Å². The normalized spacial score (nSPS) is 46.6. The highest BCUT2D eigenvalue weighted by molar-refractivity contribution is 5.80. The molecule has 4 unspecified atom stereocenters. The molecule has 2 fully saturated rings. The third-order valence-corrected chi connectivity index (χ3v) is 3.42. The van der Waals surface area contributed by atoms with Gasteiger partial charge < -0.3 is 16.2 Å². The fourth-order valence-electron chi connectivity index (χ4n) is 2.65. The second-order valence-corrected chi connectivity index (χ2v) is 5.04. The Hall–Kier alpha value is -0.650. The van der Waals surface area contributed by atoms with E-state index >= 15 is 0 Å². The molecular formula is C10H19N3O2. The van der Waals surface area contributed by atoms with Gasteiger partial charge in [0.05, 0.1) is 5.92 Å². The van der Waals surface area contributed by atoms with Gasteiger partial charge in [-0.1, -0.05) is 6.42 Å². The van der Waals surface area contributed by atoms with E-state index in [-0.39, 0.29) is 23.4 Å². The maximum atomic E-state index is 11.7. The maximum absolute atomic E-state index is 11.7. The minimum Gasteiger partial charge on any atom is -0.361 e. The van der Waals surface area contributed by atoms with E-state index in [9.17, 15) is 9.90 Å². The third-order valence-electron chi connectivity index (χ3n) is 3.42. The van der Waals surface area contributed by atoms with Crippen LogP contribution in [0.2, 0.25) is 0 Å². The number of nitrogens with two attached hydrogens (primary N) is 1. The Kier molecular flexibility index (Phi) is 2.70. The molecule has 4 atom stereocenters. The second-order valence-electron chi connectivity index (χ2n) is 5.04. The molecule has 1 saturated heterocycles. The Morgan fingerprint density at radius 3 is 3.07 bits per heavy atom. The number of nitrogens with one attached hydrogen (secondary N) is 2. The van der Waals surface area contributed by atoms with Crippen LogP contribution >= 0.6 is 0 Å². The number of amides is 1. The number of fused-ring (bicyclic) bond motifs is 1. The smallest absolute Gasteiger partial charge is 0.227 e. The summed E-state index contributed by atoms with van der Waals surface area (Å²) in [5, 5.41) is 14.9. The van der Waals surface area contributed by atoms with Gasteiger partial charge in [-0.25, -0.2) is 0 Å². The molecule has 0 aromatic rings. The van der Waals surface area contributed by atoms with Gasteiger partial charge in [-0.05, 0) is 26.2 Å². The Bertz CT molecular complexity index is 267. The summed E-state index contributed by atoms with van der Waals surface area (Å²) in [5.41, 5.74) is 5.89. The van der Waals surface area contributed by atoms with E-state index in [0.29, 0.717) is 0 Å². The number of aliphatic hydroxyl groups excluding tert-OH is 1. The molecule has 1 aliphatic carbocycles. The first-order valence-corrected chi connectivity index (χ1v) is 5.51. The van der Waals surface area contributed by atoms with Crippen molar-refractivity contribution in [3.8, 4) is 0 Å². The summed E-state index contributed by atoms with van der Waals surface area (Å²) in [7, 11) is 0. The molecule has 2 rings (SSSR count). The monoisotopic (exact) mass is 213 g/mol. The predicted molar refractivity (Wildman–Crippen MR) is 55.6 cm³/mol. The van der Waals surface area contributed by atoms with Crippen LogP contribution in [0.3, 0.4) is 0 Å². The van der Waals surface area contributed by atoms with Crippen molar-refractivity contribution in [3.05, 3.63) is 0 Å². The Balaban J connectivity index is 2.14. The summed E-state index contributed by atoms with van der Waals surface area (Å²) in [6, 6.07) is 0.00579. The first-order valence-electron chi connectivity index (χ1n) is 5.51. The minimum atomic E-state index is -0.923. The molecule has 0 radical (unpaired) electrons. The van der Waals surface area contributed by atoms with Crippen molar-refractivity contribution in [2.24, 2.45) is 11.7 Å². The van der Waals surface area contributed by atoms with Crippen LogP contribution in [0.25, 0.3) is 0 Å². The second kappa shape index (κ2) is 3.73. The van der Waals surface area contributed by atoms with Crippen molar-refractivity contribution < 1.29 is 9.90 Å². The molecule has 5 N–H and O–H groups in total. The van der Waals surface area contributed by atoms with Gasteiger partial charge in [0.25, 0.3) is 0 Å². The van der Waals surface area contributed by atoms with Gasteiger partial charge in [-0.15, -0.1) is 0 Å². The Morgan fingerprint density at radius 2 is 2.33 bits per heavy atom. The van der Waals surface area contributed by atoms with Crippen molar-refractivity contribution >= 4 is 5.91 Å². The first-order chi connectivity index (χ1) is 6.98. The number of rotatable bonds is 0. The van der Waals surface area contributed by atoms with Gasteiger partial charge in [0, 0.05) is 11.6 Å². The zero-order valence-corrected chi connectivity index (χ0v) is 8.99. The molecule has 2 aliphatic rings. The fraction of sp³-hybridized carbons (Fsp3) is 0.900. The van der Waals surface area contributed by atoms with Gasteiger partial charge in [-0.3, -0.25) is 10.1 Å². The van der Waals surface area contributed by atoms with E-state index in [1.165, 1.54) is 0 Å². The number of hydrogen-bond donors (Lipinski definition) is 4. The number of aliphatic hydroxyl groups is 1. The van der Waals surface area contributed by atoms with E-state index in [4.69, 9.17) is 5.73 Å². The van der Waals surface area contributed by atoms with Crippen molar-refractivity contribution in [1.29, 1.82) is 0 Å². The van der Waals surface area contributed by atoms with Gasteiger partial charge in [-0.2, -0.15) is 0 Å². The first kappa shape index (κ1) is 10.9. The summed E-state index contributed by atoms with van der Waals surface area (Å²) in [4.78, 5) is 11.7. The van der Waals surface area contributed by atoms with Gasteiger partial charge in [0.15, 0.2) is 6.35 Å². The molecule has 5 heteroatoms. The molecule has 0 bridgehead atoms. The maximum Gasteiger partial charge on any atom is 0.227 e. The van der Waals surface area contributed by atoms with E-state index < -0.39 is 6.35 Å². The van der Waals surface area contributed by atoms with Crippen LogP contribution in [0.1, 0.15) is 32.6 Å². The number of carbonyl (C=O) groups excluding carboxylic acids is 1. The van der Waals surface area contributed by atoms with Crippen molar-refractivity contribution in [3.63, 3.8) is 0 Å². The third kappa shape index (κ3) is 2.30. The van der Waals surface area contributed by atoms with Crippen molar-refractivity contribution in [1.82, 2.24) is 10.6 Å². The fourth-order valence-corrected chi connectivity index (χ4v) is 2.65. The molecule has 5 nitrogen and oxygen atoms in total. The largest absolute Gasteiger partial charge is 0.361 e. The zero-order chi connectivity index (χ0) is 11.1. The van der Waals surface area contributed by atoms with Crippen LogP contribution in [0.4, 0.5) is 0 Å². The van der Waals surface area contributed by atoms with Gasteiger partial charge >= 0.3 is 0 Å². The van der Waals surface area contributed by atoms with Crippen LogP contribution in [0.15, 0.2) is 0 Å². The van der Waals surface area contributed by atoms with E-state index in [1.54, 1.807) is 0 Å². The minimum absolute atomic E-state index is 0.00579. The summed E-state index contributed by atoms with van der Waals surface area (Å²) in [6.07, 6.45) is 2.57. The highest BCUT2D eigenvalue weighted by Gasteiger charge is 2.40. The zero-order valence-electron chi connectivity index (χ0n) is 8.99. The topological polar surface area (TPSA) is 87.4 Å². The quantitative estimate of drug-likeness (QED) is 0.427. The molecule has 15 heavy (non-hydrogen) atoms. The molecule has 0 aromatic heterocycles. The Morgan fingerprint density at radius 1 is 1.60 bits per heavy atom. The lowest BCUT2D eigenvalue weighted by Gasteiger charge is -2.36. The van der Waals surface area contributed by atoms with Crippen molar-refractivity contribution in [2.45, 2.75) is 50.5 Å². The molecule has 0 aromatic carbocycles. The van der Waals surface area contributed by atoms with E-state index in [1.807, 2.05) is 6.92 Å². The molecule has 1 amide bonds. The molecule has 86 valence electrons. The lowest BCUT2D eigenvalue weighted by atomic mass is 9.87. The van der Waals surface area contributed by atoms with Crippen LogP contribution in [0.5, 0.6) is 0 Å². The Labute approximate surface area is 89.4 Å². The molecular weight excluding hydrogens is 194 g/mol. The average Bonchev–Trinajstić information content (AvgIpc) is 2.21. The molecule has 1 heterocycles. The summed E-state index contributed by atoms with van der Waals surface area (Å²) >= 11 is 0. The molecule has 1 aliphatic heterocycles. The van der Waals surface area contributed by atoms with Crippen LogP contribution < -0.4 is 16.4 Å². The summed E-state index contributed by atoms with van der Waals surface area (Å²) < 4.78 is 0. The molecule has 0 spiro atoms. The summed E-state index contributed by atoms with van der Waals surface area (Å²) in [5.74, 6) is -0.0947. The van der Waals surface area contributed by atoms with Crippen LogP contribution in [-0.4, -0.2) is 28.9 Å². The highest BCUT2D eigenvalue weighted by Crippen LogP contribution is 2.30. The lowest BCUT2D eigenvalue weighted by molar-refractivity contribution is -0.134.